The molecule has 5 nitrogen and oxygen atoms in total. The second-order valence-electron chi connectivity index (χ2n) is 8.05. The fourth-order valence-corrected chi connectivity index (χ4v) is 3.20. The number of aromatic nitrogens is 1. The van der Waals surface area contributed by atoms with Crippen LogP contribution in [0.4, 0.5) is 11.4 Å². The molecule has 1 aromatic heterocycles. The van der Waals surface area contributed by atoms with Gasteiger partial charge in [0.1, 0.15) is 17.3 Å². The highest BCUT2D eigenvalue weighted by atomic mass is 16.5. The summed E-state index contributed by atoms with van der Waals surface area (Å²) in [5.74, 6) is 1.86. The summed E-state index contributed by atoms with van der Waals surface area (Å²) in [6.45, 7) is 6.64. The molecule has 29 heavy (non-hydrogen) atoms. The summed E-state index contributed by atoms with van der Waals surface area (Å²) in [5.41, 5.74) is 4.89. The summed E-state index contributed by atoms with van der Waals surface area (Å²) in [7, 11) is 0. The summed E-state index contributed by atoms with van der Waals surface area (Å²) in [6.07, 6.45) is 2.41. The van der Waals surface area contributed by atoms with Gasteiger partial charge in [-0.25, -0.2) is 9.98 Å². The molecule has 0 fully saturated rings. The molecule has 0 aliphatic carbocycles. The van der Waals surface area contributed by atoms with E-state index >= 15 is 0 Å². The van der Waals surface area contributed by atoms with Crippen LogP contribution in [0.25, 0.3) is 0 Å². The van der Waals surface area contributed by atoms with Gasteiger partial charge in [-0.1, -0.05) is 39.0 Å². The van der Waals surface area contributed by atoms with E-state index in [9.17, 15) is 0 Å². The van der Waals surface area contributed by atoms with Crippen LogP contribution in [0.5, 0.6) is 11.6 Å². The number of anilines is 1. The van der Waals surface area contributed by atoms with Crippen molar-refractivity contribution in [2.45, 2.75) is 32.6 Å². The number of amidine groups is 1. The first-order valence-corrected chi connectivity index (χ1v) is 9.53. The fourth-order valence-electron chi connectivity index (χ4n) is 3.20. The Balaban J connectivity index is 1.54. The van der Waals surface area contributed by atoms with Crippen LogP contribution in [0.3, 0.4) is 0 Å². The van der Waals surface area contributed by atoms with Crippen LogP contribution in [-0.2, 0) is 11.8 Å². The molecule has 0 atom stereocenters. The third-order valence-electron chi connectivity index (χ3n) is 4.79. The molecule has 0 bridgehead atoms. The summed E-state index contributed by atoms with van der Waals surface area (Å²) >= 11 is 0. The van der Waals surface area contributed by atoms with E-state index in [1.54, 1.807) is 30.5 Å². The lowest BCUT2D eigenvalue weighted by molar-refractivity contribution is 0.465. The van der Waals surface area contributed by atoms with E-state index in [1.807, 2.05) is 12.1 Å². The topological polar surface area (TPSA) is 70.3 Å². The quantitative estimate of drug-likeness (QED) is 0.627. The first-order valence-electron chi connectivity index (χ1n) is 9.53. The van der Waals surface area contributed by atoms with Crippen molar-refractivity contribution < 1.29 is 4.74 Å². The number of nitrogens with zero attached hydrogens (tertiary/aromatic N) is 3. The van der Waals surface area contributed by atoms with Crippen LogP contribution in [-0.4, -0.2) is 10.8 Å². The van der Waals surface area contributed by atoms with Crippen LogP contribution < -0.4 is 10.1 Å². The van der Waals surface area contributed by atoms with Gasteiger partial charge in [-0.15, -0.1) is 0 Å². The molecule has 0 saturated heterocycles. The number of hydrogen-bond donors (Lipinski definition) is 1. The smallest absolute Gasteiger partial charge is 0.243 e. The van der Waals surface area contributed by atoms with Crippen molar-refractivity contribution in [3.63, 3.8) is 0 Å². The lowest BCUT2D eigenvalue weighted by Gasteiger charge is -2.19. The van der Waals surface area contributed by atoms with Gasteiger partial charge < -0.3 is 10.1 Å². The summed E-state index contributed by atoms with van der Waals surface area (Å²) in [4.78, 5) is 9.07. The average Bonchev–Trinajstić information content (AvgIpc) is 3.10. The maximum absolute atomic E-state index is 9.08. The van der Waals surface area contributed by atoms with Gasteiger partial charge >= 0.3 is 0 Å². The number of nitriles is 1. The molecule has 0 saturated carbocycles. The van der Waals surface area contributed by atoms with Gasteiger partial charge in [-0.05, 0) is 52.9 Å². The van der Waals surface area contributed by atoms with Gasteiger partial charge in [0.15, 0.2) is 0 Å². The van der Waals surface area contributed by atoms with Crippen LogP contribution in [0.2, 0.25) is 0 Å². The minimum absolute atomic E-state index is 0.105. The Kier molecular flexibility index (Phi) is 4.77. The van der Waals surface area contributed by atoms with Crippen LogP contribution in [0, 0.1) is 11.3 Å². The van der Waals surface area contributed by atoms with Gasteiger partial charge in [0, 0.05) is 12.6 Å². The molecular formula is C24H22N4O. The Morgan fingerprint density at radius 1 is 1.07 bits per heavy atom. The number of rotatable bonds is 3. The van der Waals surface area contributed by atoms with Crippen molar-refractivity contribution >= 4 is 17.2 Å². The zero-order valence-corrected chi connectivity index (χ0v) is 16.7. The van der Waals surface area contributed by atoms with E-state index in [2.05, 4.69) is 55.3 Å². The molecule has 1 aliphatic heterocycles. The molecule has 3 aromatic rings. The monoisotopic (exact) mass is 382 g/mol. The Morgan fingerprint density at radius 2 is 1.93 bits per heavy atom. The van der Waals surface area contributed by atoms with E-state index in [1.165, 1.54) is 11.1 Å². The molecular weight excluding hydrogens is 360 g/mol. The Labute approximate surface area is 170 Å². The fraction of sp³-hybridized carbons (Fsp3) is 0.208. The van der Waals surface area contributed by atoms with Crippen LogP contribution in [0.1, 0.15) is 37.5 Å². The van der Waals surface area contributed by atoms with Gasteiger partial charge in [-0.2, -0.15) is 5.26 Å². The van der Waals surface area contributed by atoms with E-state index in [4.69, 9.17) is 15.0 Å². The maximum Gasteiger partial charge on any atom is 0.243 e. The Bertz CT molecular complexity index is 1140. The third kappa shape index (κ3) is 4.12. The minimum atomic E-state index is 0.105. The Morgan fingerprint density at radius 3 is 2.72 bits per heavy atom. The normalized spacial score (nSPS) is 12.7. The third-order valence-corrected chi connectivity index (χ3v) is 4.79. The average molecular weight is 382 g/mol. The maximum atomic E-state index is 9.08. The molecule has 0 unspecified atom stereocenters. The molecule has 2 aromatic carbocycles. The van der Waals surface area contributed by atoms with Crippen molar-refractivity contribution in [2.24, 2.45) is 4.99 Å². The summed E-state index contributed by atoms with van der Waals surface area (Å²) < 4.78 is 5.92. The van der Waals surface area contributed by atoms with E-state index < -0.39 is 0 Å². The van der Waals surface area contributed by atoms with Crippen LogP contribution in [0.15, 0.2) is 65.8 Å². The minimum Gasteiger partial charge on any atom is -0.437 e. The molecule has 0 spiro atoms. The van der Waals surface area contributed by atoms with Crippen molar-refractivity contribution in [2.75, 3.05) is 5.32 Å². The summed E-state index contributed by atoms with van der Waals surface area (Å²) in [5, 5.41) is 12.4. The van der Waals surface area contributed by atoms with Gasteiger partial charge in [0.05, 0.1) is 17.3 Å². The van der Waals surface area contributed by atoms with Crippen molar-refractivity contribution in [3.05, 3.63) is 77.5 Å². The number of fused-ring (bicyclic) bond motifs is 1. The number of nitrogens with one attached hydrogen (secondary N) is 1. The lowest BCUT2D eigenvalue weighted by Crippen LogP contribution is -2.13. The molecule has 0 amide bonds. The highest BCUT2D eigenvalue weighted by Gasteiger charge is 2.20. The van der Waals surface area contributed by atoms with Crippen molar-refractivity contribution in [1.29, 1.82) is 5.26 Å². The highest BCUT2D eigenvalue weighted by molar-refractivity contribution is 6.02. The number of aliphatic imine (C=N–C) groups is 1. The van der Waals surface area contributed by atoms with Gasteiger partial charge in [0.2, 0.25) is 5.88 Å². The largest absolute Gasteiger partial charge is 0.437 e. The predicted octanol–water partition coefficient (Wildman–Crippen LogP) is 5.74. The zero-order valence-electron chi connectivity index (χ0n) is 16.7. The highest BCUT2D eigenvalue weighted by Crippen LogP contribution is 2.33. The van der Waals surface area contributed by atoms with Gasteiger partial charge in [0.25, 0.3) is 0 Å². The van der Waals surface area contributed by atoms with E-state index in [0.29, 0.717) is 17.2 Å². The first kappa shape index (κ1) is 18.7. The number of ether oxygens (including phenoxy) is 1. The number of hydrogen-bond acceptors (Lipinski definition) is 5. The molecule has 1 aliphatic rings. The first-order chi connectivity index (χ1) is 13.9. The second kappa shape index (κ2) is 7.40. The second-order valence-corrected chi connectivity index (χ2v) is 8.05. The van der Waals surface area contributed by atoms with Gasteiger partial charge in [-0.3, -0.25) is 0 Å². The SMILES string of the molecule is CC(C)(C)c1ccc2c(c1)CC(Nc1cccnc1Oc1cccc(C#N)c1)=N2. The van der Waals surface area contributed by atoms with Crippen molar-refractivity contribution in [3.8, 4) is 17.7 Å². The molecule has 2 heterocycles. The Hall–Kier alpha value is -3.65. The number of benzene rings is 2. The lowest BCUT2D eigenvalue weighted by atomic mass is 9.86. The summed E-state index contributed by atoms with van der Waals surface area (Å²) in [6, 6.07) is 19.3. The standard InChI is InChI=1S/C24H22N4O/c1-24(2,3)18-9-10-20-17(13-18)14-22(27-20)28-21-8-5-11-26-23(21)29-19-7-4-6-16(12-19)15-25/h4-13H,14H2,1-3H3,(H,27,28). The molecule has 5 heteroatoms. The molecule has 4 rings (SSSR count). The molecule has 144 valence electrons. The zero-order chi connectivity index (χ0) is 20.4. The molecule has 0 radical (unpaired) electrons. The van der Waals surface area contributed by atoms with E-state index in [0.717, 1.165) is 23.6 Å². The number of pyridine rings is 1. The van der Waals surface area contributed by atoms with Crippen molar-refractivity contribution in [1.82, 2.24) is 4.98 Å². The van der Waals surface area contributed by atoms with Crippen LogP contribution >= 0.6 is 0 Å². The molecule has 1 N–H and O–H groups in total. The predicted molar refractivity (Wildman–Crippen MR) is 115 cm³/mol. The van der Waals surface area contributed by atoms with E-state index in [-0.39, 0.29) is 5.41 Å².